The maximum absolute atomic E-state index is 12.5. The van der Waals surface area contributed by atoms with Crippen LogP contribution < -0.4 is 5.32 Å². The number of carbonyl (C=O) groups is 1. The Balaban J connectivity index is 2.00. The summed E-state index contributed by atoms with van der Waals surface area (Å²) in [7, 11) is 1.72. The van der Waals surface area contributed by atoms with Crippen LogP contribution in [0.4, 0.5) is 0 Å². The smallest absolute Gasteiger partial charge is 0.317 e. The molecule has 0 bridgehead atoms. The molecule has 1 aliphatic heterocycles. The van der Waals surface area contributed by atoms with Crippen molar-refractivity contribution < 1.29 is 14.3 Å². The molecule has 0 radical (unpaired) electrons. The minimum Gasteiger partial charge on any atom is -0.462 e. The first-order valence-corrected chi connectivity index (χ1v) is 10.7. The third-order valence-electron chi connectivity index (χ3n) is 5.73. The zero-order valence-electron chi connectivity index (χ0n) is 17.9. The number of methoxy groups -OCH3 is 1. The molecule has 2 aliphatic rings. The maximum atomic E-state index is 12.5. The van der Waals surface area contributed by atoms with Gasteiger partial charge in [-0.05, 0) is 40.0 Å². The number of hydrogen-bond donors (Lipinski definition) is 3. The topological polar surface area (TPSA) is 98.5 Å². The number of rotatable bonds is 8. The van der Waals surface area contributed by atoms with Gasteiger partial charge in [0, 0.05) is 44.4 Å². The third kappa shape index (κ3) is 6.55. The Morgan fingerprint density at radius 1 is 1.18 bits per heavy atom. The molecular formula is C21H38N4O3. The molecule has 3 atom stereocenters. The van der Waals surface area contributed by atoms with Crippen molar-refractivity contribution >= 4 is 17.5 Å². The summed E-state index contributed by atoms with van der Waals surface area (Å²) in [6.45, 7) is 6.58. The van der Waals surface area contributed by atoms with E-state index in [1.165, 1.54) is 32.1 Å². The van der Waals surface area contributed by atoms with E-state index in [2.05, 4.69) is 5.32 Å². The van der Waals surface area contributed by atoms with Crippen molar-refractivity contribution in [1.82, 2.24) is 10.2 Å². The summed E-state index contributed by atoms with van der Waals surface area (Å²) < 4.78 is 11.1. The van der Waals surface area contributed by atoms with Gasteiger partial charge in [-0.1, -0.05) is 19.3 Å². The fourth-order valence-electron chi connectivity index (χ4n) is 4.27. The number of piperidine rings is 1. The third-order valence-corrected chi connectivity index (χ3v) is 5.73. The van der Waals surface area contributed by atoms with Gasteiger partial charge in [-0.15, -0.1) is 0 Å². The Morgan fingerprint density at radius 3 is 2.43 bits per heavy atom. The first-order chi connectivity index (χ1) is 13.3. The molecule has 7 nitrogen and oxygen atoms in total. The molecule has 1 saturated heterocycles. The van der Waals surface area contributed by atoms with E-state index in [0.29, 0.717) is 24.8 Å². The fourth-order valence-corrected chi connectivity index (χ4v) is 4.27. The standard InChI is InChI=1S/C21H38N4O3/c1-14(2)28-21(26)17(12-15(3)22)20(23)25-11-10-18(19(13-25)27-4)24-16-8-6-5-7-9-16/h14,16-19,22-24H,5-13H2,1-4H3/t17?,18-,19+/m0/s1. The van der Waals surface area contributed by atoms with E-state index in [1.807, 2.05) is 4.90 Å². The minimum absolute atomic E-state index is 0.0149. The predicted molar refractivity (Wildman–Crippen MR) is 111 cm³/mol. The highest BCUT2D eigenvalue weighted by Crippen LogP contribution is 2.23. The van der Waals surface area contributed by atoms with E-state index in [1.54, 1.807) is 27.9 Å². The molecular weight excluding hydrogens is 356 g/mol. The van der Waals surface area contributed by atoms with Gasteiger partial charge in [-0.25, -0.2) is 0 Å². The first-order valence-electron chi connectivity index (χ1n) is 10.7. The van der Waals surface area contributed by atoms with Gasteiger partial charge in [0.15, 0.2) is 0 Å². The minimum atomic E-state index is -0.722. The molecule has 1 aliphatic carbocycles. The van der Waals surface area contributed by atoms with E-state index < -0.39 is 11.9 Å². The van der Waals surface area contributed by atoms with Gasteiger partial charge in [0.1, 0.15) is 11.8 Å². The maximum Gasteiger partial charge on any atom is 0.317 e. The summed E-state index contributed by atoms with van der Waals surface area (Å²) in [5.41, 5.74) is 0.382. The van der Waals surface area contributed by atoms with Crippen molar-refractivity contribution in [2.24, 2.45) is 5.92 Å². The van der Waals surface area contributed by atoms with Crippen LogP contribution in [0.3, 0.4) is 0 Å². The van der Waals surface area contributed by atoms with E-state index in [0.717, 1.165) is 6.42 Å². The number of likely N-dealkylation sites (tertiary alicyclic amines) is 1. The molecule has 1 unspecified atom stereocenters. The van der Waals surface area contributed by atoms with Crippen LogP contribution in [0.15, 0.2) is 0 Å². The summed E-state index contributed by atoms with van der Waals surface area (Å²) in [6.07, 6.45) is 7.24. The van der Waals surface area contributed by atoms with Gasteiger partial charge in [-0.3, -0.25) is 10.2 Å². The molecule has 0 amide bonds. The number of nitrogens with one attached hydrogen (secondary N) is 3. The number of ether oxygens (including phenoxy) is 2. The van der Waals surface area contributed by atoms with Gasteiger partial charge < -0.3 is 25.1 Å². The first kappa shape index (κ1) is 22.8. The molecule has 1 heterocycles. The SMILES string of the molecule is CO[C@@H]1CN(C(=N)C(CC(C)=N)C(=O)OC(C)C)CC[C@@H]1NC1CCCCC1. The molecule has 3 N–H and O–H groups in total. The lowest BCUT2D eigenvalue weighted by atomic mass is 9.92. The van der Waals surface area contributed by atoms with Crippen molar-refractivity contribution in [3.8, 4) is 0 Å². The van der Waals surface area contributed by atoms with Crippen molar-refractivity contribution in [2.45, 2.75) is 90.0 Å². The molecule has 1 saturated carbocycles. The zero-order chi connectivity index (χ0) is 20.7. The van der Waals surface area contributed by atoms with Crippen LogP contribution in [0.2, 0.25) is 0 Å². The Hall–Kier alpha value is -1.47. The van der Waals surface area contributed by atoms with E-state index in [4.69, 9.17) is 20.3 Å². The van der Waals surface area contributed by atoms with Crippen molar-refractivity contribution in [3.05, 3.63) is 0 Å². The second kappa shape index (κ2) is 10.9. The van der Waals surface area contributed by atoms with Crippen LogP contribution in [0.1, 0.15) is 65.7 Å². The number of amidine groups is 1. The van der Waals surface area contributed by atoms with Crippen LogP contribution in [-0.2, 0) is 14.3 Å². The highest BCUT2D eigenvalue weighted by Gasteiger charge is 2.36. The lowest BCUT2D eigenvalue weighted by Gasteiger charge is -2.42. The molecule has 0 aromatic carbocycles. The van der Waals surface area contributed by atoms with Crippen LogP contribution in [-0.4, -0.2) is 66.9 Å². The average Bonchev–Trinajstić information content (AvgIpc) is 2.66. The van der Waals surface area contributed by atoms with Gasteiger partial charge in [0.2, 0.25) is 0 Å². The van der Waals surface area contributed by atoms with Gasteiger partial charge in [0.05, 0.1) is 12.2 Å². The quantitative estimate of drug-likeness (QED) is 0.334. The molecule has 0 aromatic rings. The molecule has 0 spiro atoms. The van der Waals surface area contributed by atoms with Gasteiger partial charge >= 0.3 is 5.97 Å². The second-order valence-electron chi connectivity index (χ2n) is 8.52. The Kier molecular flexibility index (Phi) is 8.89. The monoisotopic (exact) mass is 394 g/mol. The average molecular weight is 395 g/mol. The highest BCUT2D eigenvalue weighted by molar-refractivity contribution is 6.02. The normalized spacial score (nSPS) is 24.8. The van der Waals surface area contributed by atoms with Crippen LogP contribution in [0.5, 0.6) is 0 Å². The summed E-state index contributed by atoms with van der Waals surface area (Å²) in [5.74, 6) is -0.890. The molecule has 28 heavy (non-hydrogen) atoms. The summed E-state index contributed by atoms with van der Waals surface area (Å²) in [5, 5.41) is 20.2. The van der Waals surface area contributed by atoms with Gasteiger partial charge in [-0.2, -0.15) is 0 Å². The Morgan fingerprint density at radius 2 is 1.86 bits per heavy atom. The number of hydrogen-bond acceptors (Lipinski definition) is 6. The van der Waals surface area contributed by atoms with Crippen LogP contribution in [0.25, 0.3) is 0 Å². The number of esters is 1. The molecule has 160 valence electrons. The van der Waals surface area contributed by atoms with Crippen LogP contribution >= 0.6 is 0 Å². The Bertz CT molecular complexity index is 546. The summed E-state index contributed by atoms with van der Waals surface area (Å²) in [4.78, 5) is 14.5. The number of nitrogens with zero attached hydrogens (tertiary/aromatic N) is 1. The lowest BCUT2D eigenvalue weighted by molar-refractivity contribution is -0.150. The summed E-state index contributed by atoms with van der Waals surface area (Å²) >= 11 is 0. The van der Waals surface area contributed by atoms with E-state index in [9.17, 15) is 4.79 Å². The zero-order valence-corrected chi connectivity index (χ0v) is 17.9. The van der Waals surface area contributed by atoms with E-state index in [-0.39, 0.29) is 30.5 Å². The largest absolute Gasteiger partial charge is 0.462 e. The number of carbonyl (C=O) groups excluding carboxylic acids is 1. The molecule has 7 heteroatoms. The summed E-state index contributed by atoms with van der Waals surface area (Å²) in [6, 6.07) is 0.847. The predicted octanol–water partition coefficient (Wildman–Crippen LogP) is 2.97. The van der Waals surface area contributed by atoms with E-state index >= 15 is 0 Å². The van der Waals surface area contributed by atoms with Crippen molar-refractivity contribution in [1.29, 1.82) is 10.8 Å². The van der Waals surface area contributed by atoms with Crippen molar-refractivity contribution in [2.75, 3.05) is 20.2 Å². The van der Waals surface area contributed by atoms with Gasteiger partial charge in [0.25, 0.3) is 0 Å². The van der Waals surface area contributed by atoms with Crippen LogP contribution in [0, 0.1) is 16.7 Å². The molecule has 2 rings (SSSR count). The lowest BCUT2D eigenvalue weighted by Crippen LogP contribution is -2.58. The highest BCUT2D eigenvalue weighted by atomic mass is 16.5. The fraction of sp³-hybridized carbons (Fsp3) is 0.857. The Labute approximate surface area is 169 Å². The molecule has 0 aromatic heterocycles. The van der Waals surface area contributed by atoms with Crippen molar-refractivity contribution in [3.63, 3.8) is 0 Å². The second-order valence-corrected chi connectivity index (χ2v) is 8.52. The molecule has 2 fully saturated rings.